The van der Waals surface area contributed by atoms with Crippen molar-refractivity contribution < 1.29 is 50.0 Å². The number of aliphatic hydroxyl groups is 7. The van der Waals surface area contributed by atoms with Gasteiger partial charge in [0.25, 0.3) is 0 Å². The maximum Gasteiger partial charge on any atom is 0.249 e. The fraction of sp³-hybridized carbons (Fsp3) is 0.943. The van der Waals surface area contributed by atoms with Crippen molar-refractivity contribution in [1.29, 1.82) is 0 Å². The summed E-state index contributed by atoms with van der Waals surface area (Å²) in [5.74, 6) is -0.696. The first-order chi connectivity index (χ1) is 31.2. The SMILES string of the molecule is CCCCCCCCCCCCCC/C=C\CCCCCCCCCCCCCCC(O)C(=O)NC(COC1OC(CO)C(O)C(O)C1O)C(O)C(O)CCCCCCCCCCC. The Morgan fingerprint density at radius 1 is 0.531 bits per heavy atom. The summed E-state index contributed by atoms with van der Waals surface area (Å²) in [5.41, 5.74) is 0. The molecule has 0 aromatic heterocycles. The van der Waals surface area contributed by atoms with Crippen LogP contribution in [-0.2, 0) is 14.3 Å². The smallest absolute Gasteiger partial charge is 0.249 e. The van der Waals surface area contributed by atoms with E-state index >= 15 is 0 Å². The molecule has 380 valence electrons. The van der Waals surface area contributed by atoms with Crippen molar-refractivity contribution in [3.8, 4) is 0 Å². The highest BCUT2D eigenvalue weighted by atomic mass is 16.7. The van der Waals surface area contributed by atoms with Crippen molar-refractivity contribution >= 4 is 5.91 Å². The summed E-state index contributed by atoms with van der Waals surface area (Å²) < 4.78 is 11.1. The van der Waals surface area contributed by atoms with Gasteiger partial charge in [0.1, 0.15) is 36.6 Å². The standard InChI is InChI=1S/C53H103NO10/c1-3-5-7-9-11-13-14-15-16-17-18-19-20-21-22-23-24-25-26-27-28-29-30-31-33-35-37-39-41-46(57)52(62)54-44(43-63-53-51(61)50(60)49(59)47(42-55)64-53)48(58)45(56)40-38-36-34-32-12-10-8-6-4-2/h21-22,44-51,53,55-61H,3-20,23-43H2,1-2H3,(H,54,62)/b22-21-. The van der Waals surface area contributed by atoms with Crippen LogP contribution in [-0.4, -0.2) is 110 Å². The van der Waals surface area contributed by atoms with Gasteiger partial charge < -0.3 is 50.5 Å². The third-order valence-corrected chi connectivity index (χ3v) is 13.3. The predicted molar refractivity (Wildman–Crippen MR) is 261 cm³/mol. The Hall–Kier alpha value is -1.15. The van der Waals surface area contributed by atoms with Gasteiger partial charge >= 0.3 is 0 Å². The third kappa shape index (κ3) is 31.8. The predicted octanol–water partition coefficient (Wildman–Crippen LogP) is 10.4. The number of unbranched alkanes of at least 4 members (excludes halogenated alkanes) is 32. The number of carbonyl (C=O) groups is 1. The summed E-state index contributed by atoms with van der Waals surface area (Å²) in [5, 5.41) is 75.7. The van der Waals surface area contributed by atoms with Crippen LogP contribution in [0.25, 0.3) is 0 Å². The van der Waals surface area contributed by atoms with Crippen LogP contribution in [0, 0.1) is 0 Å². The number of rotatable bonds is 46. The maximum atomic E-state index is 13.1. The number of allylic oxidation sites excluding steroid dienone is 2. The monoisotopic (exact) mass is 914 g/mol. The second-order valence-electron chi connectivity index (χ2n) is 19.3. The van der Waals surface area contributed by atoms with Crippen LogP contribution in [0.2, 0.25) is 0 Å². The van der Waals surface area contributed by atoms with Crippen LogP contribution >= 0.6 is 0 Å². The molecule has 1 aliphatic rings. The maximum absolute atomic E-state index is 13.1. The van der Waals surface area contributed by atoms with Crippen LogP contribution in [0.4, 0.5) is 0 Å². The lowest BCUT2D eigenvalue weighted by Gasteiger charge is -2.40. The van der Waals surface area contributed by atoms with E-state index in [-0.39, 0.29) is 6.42 Å². The molecule has 0 aromatic carbocycles. The molecule has 0 bridgehead atoms. The summed E-state index contributed by atoms with van der Waals surface area (Å²) in [6.45, 7) is 3.43. The Kier molecular flexibility index (Phi) is 41.0. The molecular formula is C53H103NO10. The van der Waals surface area contributed by atoms with E-state index in [1.54, 1.807) is 0 Å². The Morgan fingerprint density at radius 3 is 1.31 bits per heavy atom. The van der Waals surface area contributed by atoms with E-state index < -0.39 is 74.2 Å². The summed E-state index contributed by atoms with van der Waals surface area (Å²) in [7, 11) is 0. The number of hydrogen-bond acceptors (Lipinski definition) is 10. The Labute approximate surface area is 392 Å². The lowest BCUT2D eigenvalue weighted by atomic mass is 9.98. The van der Waals surface area contributed by atoms with Gasteiger partial charge in [-0.3, -0.25) is 4.79 Å². The molecule has 0 aromatic rings. The molecule has 1 rings (SSSR count). The minimum absolute atomic E-state index is 0.262. The van der Waals surface area contributed by atoms with Gasteiger partial charge in [-0.25, -0.2) is 0 Å². The molecule has 8 N–H and O–H groups in total. The molecule has 11 heteroatoms. The molecule has 0 saturated carbocycles. The highest BCUT2D eigenvalue weighted by Gasteiger charge is 2.44. The molecule has 1 heterocycles. The quantitative estimate of drug-likeness (QED) is 0.0216. The summed E-state index contributed by atoms with van der Waals surface area (Å²) in [4.78, 5) is 13.1. The number of nitrogens with one attached hydrogen (secondary N) is 1. The van der Waals surface area contributed by atoms with E-state index in [9.17, 15) is 40.5 Å². The fourth-order valence-corrected chi connectivity index (χ4v) is 8.85. The average molecular weight is 914 g/mol. The van der Waals surface area contributed by atoms with E-state index in [1.165, 1.54) is 173 Å². The molecular weight excluding hydrogens is 811 g/mol. The molecule has 64 heavy (non-hydrogen) atoms. The van der Waals surface area contributed by atoms with E-state index in [1.807, 2.05) is 0 Å². The van der Waals surface area contributed by atoms with Crippen molar-refractivity contribution in [2.45, 2.75) is 306 Å². The van der Waals surface area contributed by atoms with Crippen LogP contribution < -0.4 is 5.32 Å². The van der Waals surface area contributed by atoms with Gasteiger partial charge in [-0.2, -0.15) is 0 Å². The van der Waals surface area contributed by atoms with Crippen LogP contribution in [0.3, 0.4) is 0 Å². The lowest BCUT2D eigenvalue weighted by molar-refractivity contribution is -0.303. The fourth-order valence-electron chi connectivity index (χ4n) is 8.85. The van der Waals surface area contributed by atoms with Crippen LogP contribution in [0.5, 0.6) is 0 Å². The number of carbonyl (C=O) groups excluding carboxylic acids is 1. The van der Waals surface area contributed by atoms with Gasteiger partial charge in [0.2, 0.25) is 5.91 Å². The Bertz CT molecular complexity index is 1050. The van der Waals surface area contributed by atoms with Gasteiger partial charge in [0.05, 0.1) is 25.4 Å². The van der Waals surface area contributed by atoms with Crippen molar-refractivity contribution in [2.75, 3.05) is 13.2 Å². The van der Waals surface area contributed by atoms with Crippen LogP contribution in [0.15, 0.2) is 12.2 Å². The number of hydrogen-bond donors (Lipinski definition) is 8. The number of ether oxygens (including phenoxy) is 2. The summed E-state index contributed by atoms with van der Waals surface area (Å²) in [6, 6.07) is -1.16. The zero-order chi connectivity index (χ0) is 46.9. The molecule has 11 nitrogen and oxygen atoms in total. The van der Waals surface area contributed by atoms with Crippen molar-refractivity contribution in [3.63, 3.8) is 0 Å². The molecule has 0 spiro atoms. The third-order valence-electron chi connectivity index (χ3n) is 13.3. The summed E-state index contributed by atoms with van der Waals surface area (Å²) >= 11 is 0. The van der Waals surface area contributed by atoms with Crippen molar-refractivity contribution in [2.24, 2.45) is 0 Å². The highest BCUT2D eigenvalue weighted by molar-refractivity contribution is 5.80. The first-order valence-electron chi connectivity index (χ1n) is 27.1. The Morgan fingerprint density at radius 2 is 0.906 bits per heavy atom. The van der Waals surface area contributed by atoms with Gasteiger partial charge in [0.15, 0.2) is 6.29 Å². The van der Waals surface area contributed by atoms with Gasteiger partial charge in [0, 0.05) is 0 Å². The topological polar surface area (TPSA) is 189 Å². The minimum atomic E-state index is -1.66. The summed E-state index contributed by atoms with van der Waals surface area (Å²) in [6.07, 6.45) is 37.2. The molecule has 1 aliphatic heterocycles. The first kappa shape index (κ1) is 60.9. The molecule has 9 unspecified atom stereocenters. The normalized spacial score (nSPS) is 21.0. The molecule has 0 radical (unpaired) electrons. The molecule has 1 fully saturated rings. The molecule has 9 atom stereocenters. The zero-order valence-electron chi connectivity index (χ0n) is 41.3. The second kappa shape index (κ2) is 43.2. The van der Waals surface area contributed by atoms with E-state index in [0.29, 0.717) is 19.3 Å². The van der Waals surface area contributed by atoms with E-state index in [4.69, 9.17) is 9.47 Å². The lowest BCUT2D eigenvalue weighted by Crippen LogP contribution is -2.60. The second-order valence-corrected chi connectivity index (χ2v) is 19.3. The van der Waals surface area contributed by atoms with Crippen molar-refractivity contribution in [3.05, 3.63) is 12.2 Å². The van der Waals surface area contributed by atoms with Gasteiger partial charge in [-0.1, -0.05) is 225 Å². The van der Waals surface area contributed by atoms with Crippen LogP contribution in [0.1, 0.15) is 251 Å². The Balaban J connectivity index is 2.21. The highest BCUT2D eigenvalue weighted by Crippen LogP contribution is 2.23. The molecule has 1 saturated heterocycles. The van der Waals surface area contributed by atoms with Crippen molar-refractivity contribution in [1.82, 2.24) is 5.32 Å². The van der Waals surface area contributed by atoms with E-state index in [2.05, 4.69) is 31.3 Å². The number of aliphatic hydroxyl groups excluding tert-OH is 7. The number of amides is 1. The van der Waals surface area contributed by atoms with Gasteiger partial charge in [-0.15, -0.1) is 0 Å². The zero-order valence-corrected chi connectivity index (χ0v) is 41.3. The van der Waals surface area contributed by atoms with Gasteiger partial charge in [-0.05, 0) is 38.5 Å². The molecule has 1 amide bonds. The minimum Gasteiger partial charge on any atom is -0.394 e. The molecule has 0 aliphatic carbocycles. The first-order valence-corrected chi connectivity index (χ1v) is 27.1. The van der Waals surface area contributed by atoms with E-state index in [0.717, 1.165) is 38.5 Å². The largest absolute Gasteiger partial charge is 0.394 e. The average Bonchev–Trinajstić information content (AvgIpc) is 3.29.